The minimum absolute atomic E-state index is 0.0170. The van der Waals surface area contributed by atoms with E-state index >= 15 is 0 Å². The van der Waals surface area contributed by atoms with Crippen molar-refractivity contribution in [3.05, 3.63) is 58.9 Å². The van der Waals surface area contributed by atoms with Crippen molar-refractivity contribution in [2.45, 2.75) is 45.6 Å². The van der Waals surface area contributed by atoms with Gasteiger partial charge in [0.2, 0.25) is 0 Å². The fourth-order valence-electron chi connectivity index (χ4n) is 4.54. The van der Waals surface area contributed by atoms with E-state index in [-0.39, 0.29) is 11.1 Å². The number of hydrogen-bond acceptors (Lipinski definition) is 2. The van der Waals surface area contributed by atoms with Gasteiger partial charge in [-0.25, -0.2) is 17.6 Å². The summed E-state index contributed by atoms with van der Waals surface area (Å²) in [6, 6.07) is 6.22. The second kappa shape index (κ2) is 9.06. The van der Waals surface area contributed by atoms with Crippen LogP contribution in [0.5, 0.6) is 0 Å². The first-order valence-corrected chi connectivity index (χ1v) is 10.5. The van der Waals surface area contributed by atoms with E-state index in [1.807, 2.05) is 0 Å². The Bertz CT molecular complexity index is 862. The van der Waals surface area contributed by atoms with Crippen LogP contribution >= 0.6 is 0 Å². The van der Waals surface area contributed by atoms with E-state index in [0.29, 0.717) is 30.6 Å². The van der Waals surface area contributed by atoms with E-state index in [1.54, 1.807) is 6.07 Å². The summed E-state index contributed by atoms with van der Waals surface area (Å²) < 4.78 is 66.9. The minimum atomic E-state index is -1.25. The van der Waals surface area contributed by atoms with Gasteiger partial charge in [-0.3, -0.25) is 0 Å². The molecular formula is C24H26F4O2. The molecule has 0 bridgehead atoms. The standard InChI is InChI=1S/C24H26F4O2/c1-14-2-4-15(5-3-14)18-12-29-24(30-13-18)16-6-7-19(21(26)8-16)17-9-22(27)20(11-25)23(28)10-17/h6-10,14-15,18,24H,2-5,11-13H2,1H3. The Morgan fingerprint density at radius 1 is 0.833 bits per heavy atom. The molecule has 1 saturated carbocycles. The lowest BCUT2D eigenvalue weighted by atomic mass is 9.76. The summed E-state index contributed by atoms with van der Waals surface area (Å²) >= 11 is 0. The molecule has 0 amide bonds. The van der Waals surface area contributed by atoms with Crippen molar-refractivity contribution in [3.8, 4) is 11.1 Å². The van der Waals surface area contributed by atoms with E-state index in [4.69, 9.17) is 9.47 Å². The zero-order chi connectivity index (χ0) is 21.3. The highest BCUT2D eigenvalue weighted by atomic mass is 19.1. The Morgan fingerprint density at radius 3 is 2.03 bits per heavy atom. The molecule has 30 heavy (non-hydrogen) atoms. The van der Waals surface area contributed by atoms with Gasteiger partial charge in [0, 0.05) is 17.0 Å². The lowest BCUT2D eigenvalue weighted by Crippen LogP contribution is -2.34. The lowest BCUT2D eigenvalue weighted by Gasteiger charge is -2.37. The molecule has 4 rings (SSSR count). The van der Waals surface area contributed by atoms with Crippen LogP contribution in [0.25, 0.3) is 11.1 Å². The Labute approximate surface area is 174 Å². The molecule has 2 fully saturated rings. The number of benzene rings is 2. The number of rotatable bonds is 4. The summed E-state index contributed by atoms with van der Waals surface area (Å²) in [5, 5.41) is 0. The molecule has 2 aromatic carbocycles. The van der Waals surface area contributed by atoms with Crippen LogP contribution in [0.2, 0.25) is 0 Å². The molecule has 2 aromatic rings. The first-order valence-electron chi connectivity index (χ1n) is 10.5. The average Bonchev–Trinajstić information content (AvgIpc) is 2.74. The zero-order valence-corrected chi connectivity index (χ0v) is 17.0. The molecule has 0 N–H and O–H groups in total. The fourth-order valence-corrected chi connectivity index (χ4v) is 4.54. The van der Waals surface area contributed by atoms with Crippen LogP contribution in [-0.2, 0) is 16.1 Å². The maximum absolute atomic E-state index is 14.7. The van der Waals surface area contributed by atoms with Crippen LogP contribution in [-0.4, -0.2) is 13.2 Å². The van der Waals surface area contributed by atoms with Crippen LogP contribution < -0.4 is 0 Å². The number of ether oxygens (including phenoxy) is 2. The highest BCUT2D eigenvalue weighted by molar-refractivity contribution is 5.65. The molecule has 2 aliphatic rings. The van der Waals surface area contributed by atoms with Crippen LogP contribution in [0.15, 0.2) is 30.3 Å². The highest BCUT2D eigenvalue weighted by Crippen LogP contribution is 2.37. The fraction of sp³-hybridized carbons (Fsp3) is 0.500. The lowest BCUT2D eigenvalue weighted by molar-refractivity contribution is -0.214. The molecular weight excluding hydrogens is 396 g/mol. The monoisotopic (exact) mass is 422 g/mol. The Morgan fingerprint density at radius 2 is 1.47 bits per heavy atom. The average molecular weight is 422 g/mol. The van der Waals surface area contributed by atoms with Crippen LogP contribution in [0, 0.1) is 35.2 Å². The maximum atomic E-state index is 14.7. The summed E-state index contributed by atoms with van der Waals surface area (Å²) in [4.78, 5) is 0. The van der Waals surface area contributed by atoms with Crippen molar-refractivity contribution < 1.29 is 27.0 Å². The molecule has 0 radical (unpaired) electrons. The summed E-state index contributed by atoms with van der Waals surface area (Å²) in [5.74, 6) is -0.946. The molecule has 1 heterocycles. The van der Waals surface area contributed by atoms with Crippen molar-refractivity contribution in [2.75, 3.05) is 13.2 Å². The quantitative estimate of drug-likeness (QED) is 0.509. The third-order valence-corrected chi connectivity index (χ3v) is 6.50. The third kappa shape index (κ3) is 4.40. The van der Waals surface area contributed by atoms with Gasteiger partial charge in [-0.05, 0) is 48.4 Å². The molecule has 1 saturated heterocycles. The van der Waals surface area contributed by atoms with Gasteiger partial charge in [0.1, 0.15) is 24.1 Å². The second-order valence-electron chi connectivity index (χ2n) is 8.57. The van der Waals surface area contributed by atoms with Gasteiger partial charge in [-0.2, -0.15) is 0 Å². The summed E-state index contributed by atoms with van der Waals surface area (Å²) in [6.45, 7) is 2.19. The van der Waals surface area contributed by atoms with E-state index in [2.05, 4.69) is 6.92 Å². The van der Waals surface area contributed by atoms with E-state index in [9.17, 15) is 17.6 Å². The number of alkyl halides is 1. The largest absolute Gasteiger partial charge is 0.348 e. The predicted molar refractivity (Wildman–Crippen MR) is 106 cm³/mol. The highest BCUT2D eigenvalue weighted by Gasteiger charge is 2.31. The van der Waals surface area contributed by atoms with Crippen LogP contribution in [0.1, 0.15) is 50.0 Å². The van der Waals surface area contributed by atoms with Crippen molar-refractivity contribution in [3.63, 3.8) is 0 Å². The third-order valence-electron chi connectivity index (χ3n) is 6.50. The van der Waals surface area contributed by atoms with Crippen molar-refractivity contribution in [2.24, 2.45) is 17.8 Å². The molecule has 6 heteroatoms. The zero-order valence-electron chi connectivity index (χ0n) is 17.0. The van der Waals surface area contributed by atoms with Crippen LogP contribution in [0.3, 0.4) is 0 Å². The molecule has 162 valence electrons. The Balaban J connectivity index is 1.44. The van der Waals surface area contributed by atoms with E-state index < -0.39 is 36.0 Å². The molecule has 0 unspecified atom stereocenters. The first-order chi connectivity index (χ1) is 14.5. The van der Waals surface area contributed by atoms with Gasteiger partial charge in [0.25, 0.3) is 0 Å². The maximum Gasteiger partial charge on any atom is 0.183 e. The smallest absolute Gasteiger partial charge is 0.183 e. The molecule has 0 spiro atoms. The molecule has 0 aromatic heterocycles. The van der Waals surface area contributed by atoms with Gasteiger partial charge in [-0.15, -0.1) is 0 Å². The number of hydrogen-bond donors (Lipinski definition) is 0. The molecule has 1 aliphatic carbocycles. The van der Waals surface area contributed by atoms with Crippen molar-refractivity contribution in [1.29, 1.82) is 0 Å². The molecule has 1 aliphatic heterocycles. The van der Waals surface area contributed by atoms with E-state index in [1.165, 1.54) is 37.8 Å². The minimum Gasteiger partial charge on any atom is -0.348 e. The molecule has 2 nitrogen and oxygen atoms in total. The van der Waals surface area contributed by atoms with Gasteiger partial charge in [0.05, 0.1) is 18.8 Å². The van der Waals surface area contributed by atoms with Crippen molar-refractivity contribution >= 4 is 0 Å². The predicted octanol–water partition coefficient (Wildman–Crippen LogP) is 6.73. The second-order valence-corrected chi connectivity index (χ2v) is 8.57. The normalized spacial score (nSPS) is 27.2. The number of halogens is 4. The first kappa shape index (κ1) is 21.3. The molecule has 0 atom stereocenters. The summed E-state index contributed by atoms with van der Waals surface area (Å²) in [6.07, 6.45) is 4.21. The topological polar surface area (TPSA) is 18.5 Å². The van der Waals surface area contributed by atoms with Gasteiger partial charge < -0.3 is 9.47 Å². The Kier molecular flexibility index (Phi) is 6.44. The van der Waals surface area contributed by atoms with Crippen molar-refractivity contribution in [1.82, 2.24) is 0 Å². The van der Waals surface area contributed by atoms with Gasteiger partial charge >= 0.3 is 0 Å². The summed E-state index contributed by atoms with van der Waals surface area (Å²) in [5.41, 5.74) is -0.0784. The summed E-state index contributed by atoms with van der Waals surface area (Å²) in [7, 11) is 0. The van der Waals surface area contributed by atoms with E-state index in [0.717, 1.165) is 18.1 Å². The SMILES string of the molecule is CC1CCC(C2COC(c3ccc(-c4cc(F)c(CF)c(F)c4)c(F)c3)OC2)CC1. The van der Waals surface area contributed by atoms with Gasteiger partial charge in [0.15, 0.2) is 6.29 Å². The Hall–Kier alpha value is -1.92. The van der Waals surface area contributed by atoms with Gasteiger partial charge in [-0.1, -0.05) is 31.9 Å². The van der Waals surface area contributed by atoms with Crippen LogP contribution in [0.4, 0.5) is 17.6 Å².